The summed E-state index contributed by atoms with van der Waals surface area (Å²) < 4.78 is 0.685. The van der Waals surface area contributed by atoms with Crippen LogP contribution in [0.15, 0.2) is 22.9 Å². The summed E-state index contributed by atoms with van der Waals surface area (Å²) in [6.45, 7) is 1.74. The van der Waals surface area contributed by atoms with E-state index in [1.807, 2.05) is 21.1 Å². The zero-order valence-electron chi connectivity index (χ0n) is 10.5. The molecule has 0 atom stereocenters. The van der Waals surface area contributed by atoms with Crippen LogP contribution in [-0.2, 0) is 0 Å². The van der Waals surface area contributed by atoms with Gasteiger partial charge in [-0.2, -0.15) is 0 Å². The first-order valence-corrected chi connectivity index (χ1v) is 6.31. The van der Waals surface area contributed by atoms with Crippen molar-refractivity contribution >= 4 is 21.8 Å². The van der Waals surface area contributed by atoms with Crippen LogP contribution in [0.4, 0.5) is 0 Å². The Hall–Kier alpha value is -0.940. The molecular formula is C12H18BrN3O. The molecule has 0 radical (unpaired) electrons. The number of nitrogens with zero attached hydrogens (tertiary/aromatic N) is 3. The summed E-state index contributed by atoms with van der Waals surface area (Å²) in [5.74, 6) is 0.0341. The minimum atomic E-state index is 0.0341. The predicted octanol–water partition coefficient (Wildman–Crippen LogP) is 1.87. The average Bonchev–Trinajstić information content (AvgIpc) is 2.27. The summed E-state index contributed by atoms with van der Waals surface area (Å²) in [6, 6.07) is 3.47. The van der Waals surface area contributed by atoms with E-state index in [0.29, 0.717) is 10.2 Å². The molecule has 0 spiro atoms. The largest absolute Gasteiger partial charge is 0.342 e. The lowest BCUT2D eigenvalue weighted by molar-refractivity contribution is 0.0790. The smallest absolute Gasteiger partial charge is 0.253 e. The summed E-state index contributed by atoms with van der Waals surface area (Å²) in [6.07, 6.45) is 2.60. The van der Waals surface area contributed by atoms with Crippen LogP contribution in [0.1, 0.15) is 16.8 Å². The Balaban J connectivity index is 2.52. The highest BCUT2D eigenvalue weighted by Gasteiger charge is 2.11. The van der Waals surface area contributed by atoms with Gasteiger partial charge >= 0.3 is 0 Å². The van der Waals surface area contributed by atoms with E-state index in [4.69, 9.17) is 0 Å². The van der Waals surface area contributed by atoms with E-state index in [2.05, 4.69) is 25.8 Å². The highest BCUT2D eigenvalue weighted by molar-refractivity contribution is 9.10. The molecule has 0 saturated carbocycles. The lowest BCUT2D eigenvalue weighted by Gasteiger charge is -2.18. The van der Waals surface area contributed by atoms with Gasteiger partial charge in [-0.05, 0) is 55.1 Å². The highest BCUT2D eigenvalue weighted by atomic mass is 79.9. The second kappa shape index (κ2) is 6.71. The van der Waals surface area contributed by atoms with Crippen molar-refractivity contribution in [3.05, 3.63) is 28.5 Å². The fraction of sp³-hybridized carbons (Fsp3) is 0.500. The summed E-state index contributed by atoms with van der Waals surface area (Å²) in [5, 5.41) is 0. The molecule has 94 valence electrons. The summed E-state index contributed by atoms with van der Waals surface area (Å²) in [7, 11) is 5.88. The van der Waals surface area contributed by atoms with Gasteiger partial charge in [0.05, 0.1) is 0 Å². The maximum Gasteiger partial charge on any atom is 0.253 e. The Kier molecular flexibility index (Phi) is 5.58. The second-order valence-corrected chi connectivity index (χ2v) is 5.06. The number of amides is 1. The van der Waals surface area contributed by atoms with Crippen LogP contribution in [0, 0.1) is 0 Å². The number of carbonyl (C=O) groups excluding carboxylic acids is 1. The highest BCUT2D eigenvalue weighted by Crippen LogP contribution is 2.10. The van der Waals surface area contributed by atoms with E-state index in [1.54, 1.807) is 23.2 Å². The number of hydrogen-bond acceptors (Lipinski definition) is 3. The standard InChI is InChI=1S/C12H18BrN3O/c1-15(2)7-4-8-16(3)12(17)10-5-6-14-11(13)9-10/h5-6,9H,4,7-8H2,1-3H3. The maximum atomic E-state index is 12.0. The third kappa shape index (κ3) is 4.83. The molecule has 0 bridgehead atoms. The van der Waals surface area contributed by atoms with Crippen molar-refractivity contribution in [2.24, 2.45) is 0 Å². The van der Waals surface area contributed by atoms with Crippen molar-refractivity contribution in [1.29, 1.82) is 0 Å². The van der Waals surface area contributed by atoms with E-state index >= 15 is 0 Å². The Morgan fingerprint density at radius 2 is 2.06 bits per heavy atom. The fourth-order valence-electron chi connectivity index (χ4n) is 1.48. The molecule has 4 nitrogen and oxygen atoms in total. The van der Waals surface area contributed by atoms with Crippen LogP contribution >= 0.6 is 15.9 Å². The summed E-state index contributed by atoms with van der Waals surface area (Å²) in [4.78, 5) is 19.9. The topological polar surface area (TPSA) is 36.4 Å². The number of pyridine rings is 1. The molecule has 1 rings (SSSR count). The monoisotopic (exact) mass is 299 g/mol. The molecule has 1 amide bonds. The molecule has 0 aromatic carbocycles. The Labute approximate surface area is 111 Å². The second-order valence-electron chi connectivity index (χ2n) is 4.25. The SMILES string of the molecule is CN(C)CCCN(C)C(=O)c1ccnc(Br)c1. The number of aromatic nitrogens is 1. The number of carbonyl (C=O) groups is 1. The molecule has 5 heteroatoms. The number of halogens is 1. The Morgan fingerprint density at radius 1 is 1.35 bits per heavy atom. The zero-order chi connectivity index (χ0) is 12.8. The third-order valence-corrected chi connectivity index (χ3v) is 2.85. The minimum Gasteiger partial charge on any atom is -0.342 e. The van der Waals surface area contributed by atoms with Crippen LogP contribution in [0.25, 0.3) is 0 Å². The molecule has 0 unspecified atom stereocenters. The van der Waals surface area contributed by atoms with E-state index in [1.165, 1.54) is 0 Å². The van der Waals surface area contributed by atoms with Gasteiger partial charge in [0.25, 0.3) is 5.91 Å². The number of hydrogen-bond donors (Lipinski definition) is 0. The number of rotatable bonds is 5. The van der Waals surface area contributed by atoms with Gasteiger partial charge in [-0.25, -0.2) is 4.98 Å². The third-order valence-electron chi connectivity index (χ3n) is 2.42. The van der Waals surface area contributed by atoms with Gasteiger partial charge in [0.15, 0.2) is 0 Å². The molecule has 1 aromatic rings. The average molecular weight is 300 g/mol. The van der Waals surface area contributed by atoms with Crippen molar-refractivity contribution in [1.82, 2.24) is 14.8 Å². The van der Waals surface area contributed by atoms with Gasteiger partial charge in [-0.1, -0.05) is 0 Å². The Morgan fingerprint density at radius 3 is 2.65 bits per heavy atom. The van der Waals surface area contributed by atoms with Gasteiger partial charge < -0.3 is 9.80 Å². The van der Waals surface area contributed by atoms with Gasteiger partial charge in [0, 0.05) is 25.4 Å². The van der Waals surface area contributed by atoms with Gasteiger partial charge in [0.2, 0.25) is 0 Å². The van der Waals surface area contributed by atoms with Crippen LogP contribution in [-0.4, -0.2) is 54.9 Å². The van der Waals surface area contributed by atoms with E-state index in [0.717, 1.165) is 19.5 Å². The summed E-state index contributed by atoms with van der Waals surface area (Å²) in [5.41, 5.74) is 0.666. The molecule has 1 aromatic heterocycles. The Bertz CT molecular complexity index is 382. The van der Waals surface area contributed by atoms with Crippen molar-refractivity contribution in [2.45, 2.75) is 6.42 Å². The molecule has 0 N–H and O–H groups in total. The lowest BCUT2D eigenvalue weighted by atomic mass is 10.2. The van der Waals surface area contributed by atoms with Gasteiger partial charge in [0.1, 0.15) is 4.60 Å². The van der Waals surface area contributed by atoms with Crippen molar-refractivity contribution in [3.8, 4) is 0 Å². The molecule has 0 aliphatic heterocycles. The van der Waals surface area contributed by atoms with E-state index in [-0.39, 0.29) is 5.91 Å². The van der Waals surface area contributed by atoms with Gasteiger partial charge in [-0.3, -0.25) is 4.79 Å². The van der Waals surface area contributed by atoms with Crippen molar-refractivity contribution < 1.29 is 4.79 Å². The quantitative estimate of drug-likeness (QED) is 0.779. The first-order chi connectivity index (χ1) is 8.00. The van der Waals surface area contributed by atoms with E-state index in [9.17, 15) is 4.79 Å². The zero-order valence-corrected chi connectivity index (χ0v) is 12.1. The predicted molar refractivity (Wildman–Crippen MR) is 72.1 cm³/mol. The molecule has 0 aliphatic rings. The minimum absolute atomic E-state index is 0.0341. The molecule has 0 aliphatic carbocycles. The summed E-state index contributed by atoms with van der Waals surface area (Å²) >= 11 is 3.26. The van der Waals surface area contributed by atoms with Crippen molar-refractivity contribution in [2.75, 3.05) is 34.2 Å². The first kappa shape index (κ1) is 14.1. The first-order valence-electron chi connectivity index (χ1n) is 5.52. The fourth-order valence-corrected chi connectivity index (χ4v) is 1.85. The molecule has 0 saturated heterocycles. The lowest BCUT2D eigenvalue weighted by Crippen LogP contribution is -2.29. The van der Waals surface area contributed by atoms with Crippen LogP contribution < -0.4 is 0 Å². The van der Waals surface area contributed by atoms with Crippen LogP contribution in [0.3, 0.4) is 0 Å². The molecule has 1 heterocycles. The normalized spacial score (nSPS) is 10.6. The van der Waals surface area contributed by atoms with Crippen LogP contribution in [0.5, 0.6) is 0 Å². The van der Waals surface area contributed by atoms with E-state index < -0.39 is 0 Å². The molecule has 0 fully saturated rings. The van der Waals surface area contributed by atoms with Crippen LogP contribution in [0.2, 0.25) is 0 Å². The van der Waals surface area contributed by atoms with Gasteiger partial charge in [-0.15, -0.1) is 0 Å². The van der Waals surface area contributed by atoms with Crippen molar-refractivity contribution in [3.63, 3.8) is 0 Å². The molecule has 17 heavy (non-hydrogen) atoms. The maximum absolute atomic E-state index is 12.0. The molecular weight excluding hydrogens is 282 g/mol.